The minimum atomic E-state index is -1.05. The Morgan fingerprint density at radius 1 is 1.37 bits per heavy atom. The van der Waals surface area contributed by atoms with E-state index in [4.69, 9.17) is 0 Å². The summed E-state index contributed by atoms with van der Waals surface area (Å²) in [5.74, 6) is -1.27. The molecule has 5 nitrogen and oxygen atoms in total. The lowest BCUT2D eigenvalue weighted by Gasteiger charge is -2.40. The molecule has 2 rings (SSSR count). The Morgan fingerprint density at radius 2 is 2.05 bits per heavy atom. The molecular weight excluding hydrogens is 312 g/mol. The Hall–Kier alpha value is -1.69. The van der Waals surface area contributed by atoms with Crippen LogP contribution in [0.4, 0.5) is 0 Å². The molecular formula is C13H13BrN2O3. The zero-order valence-corrected chi connectivity index (χ0v) is 12.2. The quantitative estimate of drug-likeness (QED) is 0.792. The maximum atomic E-state index is 12.4. The second-order valence-electron chi connectivity index (χ2n) is 4.84. The van der Waals surface area contributed by atoms with E-state index >= 15 is 0 Å². The van der Waals surface area contributed by atoms with Crippen molar-refractivity contribution >= 4 is 33.7 Å². The fraction of sp³-hybridized carbons (Fsp3) is 0.308. The van der Waals surface area contributed by atoms with E-state index in [0.717, 1.165) is 4.47 Å². The molecule has 1 saturated heterocycles. The van der Waals surface area contributed by atoms with Gasteiger partial charge in [-0.2, -0.15) is 0 Å². The minimum absolute atomic E-state index is 0.121. The first-order valence-corrected chi connectivity index (χ1v) is 6.53. The summed E-state index contributed by atoms with van der Waals surface area (Å²) in [6, 6.07) is 6.85. The Bertz CT molecular complexity index is 569. The molecule has 1 aromatic carbocycles. The maximum absolute atomic E-state index is 12.4. The number of piperazine rings is 1. The molecule has 6 heteroatoms. The molecule has 0 unspecified atom stereocenters. The number of rotatable bonds is 1. The highest BCUT2D eigenvalue weighted by Gasteiger charge is 2.43. The SMILES string of the molecule is CC1(C)C(=O)NC(=O)CN1C(=O)c1cccc(Br)c1. The van der Waals surface area contributed by atoms with Crippen LogP contribution in [0.1, 0.15) is 24.2 Å². The normalized spacial score (nSPS) is 18.2. The number of nitrogens with one attached hydrogen (secondary N) is 1. The van der Waals surface area contributed by atoms with Gasteiger partial charge in [-0.3, -0.25) is 19.7 Å². The lowest BCUT2D eigenvalue weighted by Crippen LogP contribution is -2.65. The third-order valence-electron chi connectivity index (χ3n) is 3.10. The number of carbonyl (C=O) groups is 3. The molecule has 0 saturated carbocycles. The Kier molecular flexibility index (Phi) is 3.45. The highest BCUT2D eigenvalue weighted by atomic mass is 79.9. The molecule has 1 aromatic rings. The van der Waals surface area contributed by atoms with Crippen LogP contribution in [-0.2, 0) is 9.59 Å². The van der Waals surface area contributed by atoms with Gasteiger partial charge in [0.1, 0.15) is 12.1 Å². The third-order valence-corrected chi connectivity index (χ3v) is 3.60. The van der Waals surface area contributed by atoms with Crippen molar-refractivity contribution in [1.29, 1.82) is 0 Å². The van der Waals surface area contributed by atoms with Gasteiger partial charge in [0.15, 0.2) is 0 Å². The van der Waals surface area contributed by atoms with Gasteiger partial charge in [-0.1, -0.05) is 22.0 Å². The van der Waals surface area contributed by atoms with Crippen LogP contribution in [0.5, 0.6) is 0 Å². The van der Waals surface area contributed by atoms with Crippen molar-refractivity contribution in [3.05, 3.63) is 34.3 Å². The number of imide groups is 1. The van der Waals surface area contributed by atoms with Crippen molar-refractivity contribution in [2.45, 2.75) is 19.4 Å². The standard InChI is InChI=1S/C13H13BrN2O3/c1-13(2)12(19)15-10(17)7-16(13)11(18)8-4-3-5-9(14)6-8/h3-6H,7H2,1-2H3,(H,15,17,19). The second-order valence-corrected chi connectivity index (χ2v) is 5.75. The molecule has 0 aromatic heterocycles. The molecule has 0 atom stereocenters. The van der Waals surface area contributed by atoms with Gasteiger partial charge in [0.05, 0.1) is 0 Å². The van der Waals surface area contributed by atoms with Crippen LogP contribution in [0.2, 0.25) is 0 Å². The molecule has 0 aliphatic carbocycles. The number of nitrogens with zero attached hydrogens (tertiary/aromatic N) is 1. The van der Waals surface area contributed by atoms with Gasteiger partial charge in [0, 0.05) is 10.0 Å². The fourth-order valence-corrected chi connectivity index (χ4v) is 2.29. The number of hydrogen-bond donors (Lipinski definition) is 1. The summed E-state index contributed by atoms with van der Waals surface area (Å²) in [5, 5.41) is 2.24. The highest BCUT2D eigenvalue weighted by molar-refractivity contribution is 9.10. The average molecular weight is 325 g/mol. The molecule has 100 valence electrons. The first kappa shape index (κ1) is 13.7. The summed E-state index contributed by atoms with van der Waals surface area (Å²) < 4.78 is 0.768. The lowest BCUT2D eigenvalue weighted by atomic mass is 9.97. The molecule has 1 fully saturated rings. The maximum Gasteiger partial charge on any atom is 0.255 e. The third kappa shape index (κ3) is 2.53. The van der Waals surface area contributed by atoms with Crippen LogP contribution in [0.3, 0.4) is 0 Å². The van der Waals surface area contributed by atoms with E-state index in [-0.39, 0.29) is 12.5 Å². The van der Waals surface area contributed by atoms with E-state index in [0.29, 0.717) is 5.56 Å². The van der Waals surface area contributed by atoms with Gasteiger partial charge in [0.2, 0.25) is 5.91 Å². The summed E-state index contributed by atoms with van der Waals surface area (Å²) >= 11 is 3.29. The van der Waals surface area contributed by atoms with Crippen molar-refractivity contribution in [2.75, 3.05) is 6.54 Å². The number of hydrogen-bond acceptors (Lipinski definition) is 3. The number of carbonyl (C=O) groups excluding carboxylic acids is 3. The van der Waals surface area contributed by atoms with E-state index in [1.54, 1.807) is 38.1 Å². The number of amides is 3. The fourth-order valence-electron chi connectivity index (χ4n) is 1.89. The van der Waals surface area contributed by atoms with Crippen molar-refractivity contribution in [3.63, 3.8) is 0 Å². The molecule has 19 heavy (non-hydrogen) atoms. The Morgan fingerprint density at radius 3 is 2.68 bits per heavy atom. The van der Waals surface area contributed by atoms with Crippen LogP contribution in [0, 0.1) is 0 Å². The van der Waals surface area contributed by atoms with Crippen LogP contribution >= 0.6 is 15.9 Å². The number of halogens is 1. The average Bonchev–Trinajstić information content (AvgIpc) is 2.33. The van der Waals surface area contributed by atoms with E-state index in [9.17, 15) is 14.4 Å². The van der Waals surface area contributed by atoms with Crippen LogP contribution in [0.15, 0.2) is 28.7 Å². The topological polar surface area (TPSA) is 66.5 Å². The van der Waals surface area contributed by atoms with E-state index in [1.165, 1.54) is 4.90 Å². The van der Waals surface area contributed by atoms with E-state index in [2.05, 4.69) is 21.2 Å². The zero-order chi connectivity index (χ0) is 14.2. The number of benzene rings is 1. The van der Waals surface area contributed by atoms with Gasteiger partial charge >= 0.3 is 0 Å². The first-order valence-electron chi connectivity index (χ1n) is 5.74. The Balaban J connectivity index is 2.36. The van der Waals surface area contributed by atoms with Gasteiger partial charge in [-0.15, -0.1) is 0 Å². The molecule has 3 amide bonds. The van der Waals surface area contributed by atoms with Crippen LogP contribution in [0.25, 0.3) is 0 Å². The monoisotopic (exact) mass is 324 g/mol. The first-order chi connectivity index (χ1) is 8.82. The summed E-state index contributed by atoms with van der Waals surface area (Å²) in [6.45, 7) is 3.11. The van der Waals surface area contributed by atoms with Crippen molar-refractivity contribution in [1.82, 2.24) is 10.2 Å². The summed E-state index contributed by atoms with van der Waals surface area (Å²) in [7, 11) is 0. The van der Waals surface area contributed by atoms with Gasteiger partial charge < -0.3 is 4.90 Å². The van der Waals surface area contributed by atoms with Crippen molar-refractivity contribution < 1.29 is 14.4 Å². The molecule has 1 aliphatic rings. The molecule has 0 spiro atoms. The summed E-state index contributed by atoms with van der Waals surface area (Å²) in [5.41, 5.74) is -0.613. The van der Waals surface area contributed by atoms with E-state index in [1.807, 2.05) is 0 Å². The predicted molar refractivity (Wildman–Crippen MR) is 72.4 cm³/mol. The summed E-state index contributed by atoms with van der Waals surface area (Å²) in [6.07, 6.45) is 0. The molecule has 0 bridgehead atoms. The summed E-state index contributed by atoms with van der Waals surface area (Å²) in [4.78, 5) is 37.0. The smallest absolute Gasteiger partial charge is 0.255 e. The zero-order valence-electron chi connectivity index (χ0n) is 10.6. The van der Waals surface area contributed by atoms with Crippen molar-refractivity contribution in [2.24, 2.45) is 0 Å². The predicted octanol–water partition coefficient (Wildman–Crippen LogP) is 1.33. The highest BCUT2D eigenvalue weighted by Crippen LogP contribution is 2.22. The Labute approximate surface area is 119 Å². The molecule has 1 aliphatic heterocycles. The van der Waals surface area contributed by atoms with Gasteiger partial charge in [-0.05, 0) is 32.0 Å². The van der Waals surface area contributed by atoms with Gasteiger partial charge in [-0.25, -0.2) is 0 Å². The molecule has 0 radical (unpaired) electrons. The van der Waals surface area contributed by atoms with Crippen molar-refractivity contribution in [3.8, 4) is 0 Å². The van der Waals surface area contributed by atoms with Crippen LogP contribution in [-0.4, -0.2) is 34.7 Å². The largest absolute Gasteiger partial charge is 0.315 e. The van der Waals surface area contributed by atoms with Crippen LogP contribution < -0.4 is 5.32 Å². The lowest BCUT2D eigenvalue weighted by molar-refractivity contribution is -0.143. The minimum Gasteiger partial charge on any atom is -0.315 e. The molecule has 1 N–H and O–H groups in total. The van der Waals surface area contributed by atoms with E-state index < -0.39 is 17.4 Å². The van der Waals surface area contributed by atoms with Gasteiger partial charge in [0.25, 0.3) is 11.8 Å². The second kappa shape index (κ2) is 4.77. The molecule has 1 heterocycles.